The van der Waals surface area contributed by atoms with Crippen LogP contribution in [-0.2, 0) is 43.9 Å². The second-order valence-corrected chi connectivity index (χ2v) is 13.6. The van der Waals surface area contributed by atoms with Crippen molar-refractivity contribution < 1.29 is 42.1 Å². The van der Waals surface area contributed by atoms with Crippen molar-refractivity contribution >= 4 is 60.7 Å². The van der Waals surface area contributed by atoms with Crippen LogP contribution in [0.2, 0.25) is 0 Å². The van der Waals surface area contributed by atoms with Crippen molar-refractivity contribution in [2.45, 2.75) is 49.4 Å². The molecule has 0 spiro atoms. The first-order chi connectivity index (χ1) is 20.6. The number of aromatic amines is 1. The Morgan fingerprint density at radius 1 is 1.12 bits per heavy atom. The maximum atomic E-state index is 12.9. The lowest BCUT2D eigenvalue weighted by Gasteiger charge is -2.25. The Kier molecular flexibility index (Phi) is 7.26. The summed E-state index contributed by atoms with van der Waals surface area (Å²) in [7, 11) is -2.80. The predicted molar refractivity (Wildman–Crippen MR) is 149 cm³/mol. The van der Waals surface area contributed by atoms with E-state index in [9.17, 15) is 19.4 Å². The molecule has 22 heteroatoms. The number of ether oxygens (including phenoxy) is 2. The highest BCUT2D eigenvalue weighted by atomic mass is 32.5. The molecule has 9 atom stereocenters. The number of nitrogens with two attached hydrogens (primary N) is 2. The molecule has 9 unspecified atom stereocenters. The number of aromatic nitrogens is 7. The normalized spacial score (nSPS) is 34.6. The van der Waals surface area contributed by atoms with E-state index in [1.54, 1.807) is 12.3 Å². The maximum absolute atomic E-state index is 12.9. The zero-order chi connectivity index (χ0) is 30.0. The van der Waals surface area contributed by atoms with E-state index >= 15 is 0 Å². The number of H-pyrrole nitrogens is 1. The van der Waals surface area contributed by atoms with Crippen LogP contribution in [0, 0.1) is 0 Å². The van der Waals surface area contributed by atoms with Gasteiger partial charge in [0, 0.05) is 17.2 Å². The zero-order valence-electron chi connectivity index (χ0n) is 21.8. The fourth-order valence-electron chi connectivity index (χ4n) is 5.34. The van der Waals surface area contributed by atoms with E-state index < -0.39 is 70.1 Å². The Morgan fingerprint density at radius 2 is 1.95 bits per heavy atom. The lowest BCUT2D eigenvalue weighted by molar-refractivity contribution is -0.0589. The fraction of sp³-hybridized carbons (Fsp3) is 0.476. The topological polar surface area (TPSA) is 259 Å². The minimum absolute atomic E-state index is 0.00368. The number of hydrogen-bond acceptors (Lipinski definition) is 16. The highest BCUT2D eigenvalue weighted by Crippen LogP contribution is 2.51. The number of rotatable bonds is 2. The molecule has 19 nitrogen and oxygen atoms in total. The number of nitrogens with one attached hydrogen (secondary N) is 1. The van der Waals surface area contributed by atoms with Crippen LogP contribution in [0.4, 0.5) is 11.8 Å². The zero-order valence-corrected chi connectivity index (χ0v) is 24.4. The fourth-order valence-corrected chi connectivity index (χ4v) is 7.60. The molecule has 3 saturated heterocycles. The standard InChI is InChI=1S/C21H23N9O10P2S/c22-15-9-1-2-29(16(9)25-6-24-15)20-13(31)14-11(38-20)5-36-42(34,43)40-10-3-8(4-35-41(33)39-14)37-19(10)30-7-26-12-17(30)27-21(23)28-18(12)32/h1-2,6-8,10-11,13-14,19-20,31H,3-5H2,(H5-,22,23,24,25,27,28,32,34,43)/p+1. The van der Waals surface area contributed by atoms with Crippen molar-refractivity contribution in [3.8, 4) is 0 Å². The van der Waals surface area contributed by atoms with E-state index in [-0.39, 0.29) is 36.0 Å². The van der Waals surface area contributed by atoms with Crippen LogP contribution in [0.1, 0.15) is 18.9 Å². The molecule has 2 bridgehead atoms. The monoisotopic (exact) mass is 656 g/mol. The number of anilines is 2. The molecule has 0 aromatic carbocycles. The number of hydrogen-bond donors (Lipinski definition) is 5. The van der Waals surface area contributed by atoms with Crippen molar-refractivity contribution in [1.29, 1.82) is 0 Å². The summed E-state index contributed by atoms with van der Waals surface area (Å²) < 4.78 is 50.5. The Labute approximate surface area is 246 Å². The second kappa shape index (κ2) is 10.9. The Balaban J connectivity index is 1.16. The van der Waals surface area contributed by atoms with Gasteiger partial charge < -0.3 is 44.6 Å². The Hall–Kier alpha value is -3.00. The summed E-state index contributed by atoms with van der Waals surface area (Å²) in [6.07, 6.45) is -3.09. The van der Waals surface area contributed by atoms with E-state index in [1.165, 1.54) is 21.8 Å². The number of nitrogen functional groups attached to an aromatic ring is 2. The van der Waals surface area contributed by atoms with Gasteiger partial charge in [0.15, 0.2) is 29.7 Å². The van der Waals surface area contributed by atoms with Crippen LogP contribution in [0.15, 0.2) is 29.7 Å². The number of nitrogens with zero attached hydrogens (tertiary/aromatic N) is 6. The minimum atomic E-state index is -4.00. The molecule has 7 rings (SSSR count). The highest BCUT2D eigenvalue weighted by molar-refractivity contribution is 8.07. The molecule has 7 heterocycles. The van der Waals surface area contributed by atoms with E-state index in [1.807, 2.05) is 0 Å². The van der Waals surface area contributed by atoms with Gasteiger partial charge in [0.25, 0.3) is 5.56 Å². The molecule has 0 radical (unpaired) electrons. The Morgan fingerprint density at radius 3 is 2.79 bits per heavy atom. The van der Waals surface area contributed by atoms with Gasteiger partial charge in [0.2, 0.25) is 5.95 Å². The molecular weight excluding hydrogens is 632 g/mol. The first kappa shape index (κ1) is 28.8. The molecule has 0 amide bonds. The number of aliphatic hydroxyl groups is 1. The van der Waals surface area contributed by atoms with Crippen LogP contribution >= 0.6 is 15.0 Å². The number of fused-ring (bicyclic) bond motifs is 5. The number of aliphatic hydroxyl groups excluding tert-OH is 1. The maximum Gasteiger partial charge on any atom is 0.697 e. The van der Waals surface area contributed by atoms with Crippen molar-refractivity contribution in [3.63, 3.8) is 0 Å². The lowest BCUT2D eigenvalue weighted by Crippen LogP contribution is -2.35. The molecule has 3 fully saturated rings. The molecule has 3 aliphatic rings. The predicted octanol–water partition coefficient (Wildman–Crippen LogP) is -0.0339. The van der Waals surface area contributed by atoms with Crippen LogP contribution in [0.3, 0.4) is 0 Å². The molecular formula is C21H24N9O10P2S+. The summed E-state index contributed by atoms with van der Waals surface area (Å²) in [5.41, 5.74) is 11.6. The third-order valence-corrected chi connectivity index (χ3v) is 9.60. The van der Waals surface area contributed by atoms with Gasteiger partial charge in [-0.15, -0.1) is 9.05 Å². The van der Waals surface area contributed by atoms with Crippen molar-refractivity contribution in [2.24, 2.45) is 0 Å². The van der Waals surface area contributed by atoms with Crippen molar-refractivity contribution in [2.75, 3.05) is 24.7 Å². The largest absolute Gasteiger partial charge is 0.697 e. The molecule has 0 saturated carbocycles. The minimum Gasteiger partial charge on any atom is -0.385 e. The third-order valence-electron chi connectivity index (χ3n) is 7.24. The Bertz CT molecular complexity index is 1840. The van der Waals surface area contributed by atoms with Crippen LogP contribution in [0.5, 0.6) is 0 Å². The summed E-state index contributed by atoms with van der Waals surface area (Å²) in [5.74, 6) is 0.0924. The van der Waals surface area contributed by atoms with Crippen LogP contribution < -0.4 is 17.0 Å². The summed E-state index contributed by atoms with van der Waals surface area (Å²) in [6, 6.07) is 1.66. The molecule has 3 aliphatic heterocycles. The van der Waals surface area contributed by atoms with Gasteiger partial charge in [-0.2, -0.15) is 4.98 Å². The lowest BCUT2D eigenvalue weighted by atomic mass is 10.1. The van der Waals surface area contributed by atoms with Gasteiger partial charge in [0.05, 0.1) is 24.4 Å². The van der Waals surface area contributed by atoms with Crippen LogP contribution in [0.25, 0.3) is 22.2 Å². The smallest absolute Gasteiger partial charge is 0.385 e. The SMILES string of the molecule is Nc1nc2c(ncn2C2OC3CO[P+](=O)OC4C(COP(O)(=S)OC2C3)OC(n2ccc3c(N)ncnc32)C4O)c(=O)[nH]1. The quantitative estimate of drug-likeness (QED) is 0.177. The third kappa shape index (κ3) is 5.23. The molecule has 43 heavy (non-hydrogen) atoms. The molecule has 4 aromatic heterocycles. The van der Waals surface area contributed by atoms with Gasteiger partial charge in [-0.05, 0) is 17.9 Å². The molecule has 228 valence electrons. The molecule has 4 aromatic rings. The molecule has 7 N–H and O–H groups in total. The van der Waals surface area contributed by atoms with Gasteiger partial charge in [0.1, 0.15) is 42.7 Å². The average molecular weight is 656 g/mol. The first-order valence-corrected chi connectivity index (χ1v) is 16.5. The first-order valence-electron chi connectivity index (χ1n) is 12.8. The number of imidazole rings is 1. The molecule has 0 aliphatic carbocycles. The summed E-state index contributed by atoms with van der Waals surface area (Å²) in [4.78, 5) is 42.1. The summed E-state index contributed by atoms with van der Waals surface area (Å²) in [5, 5.41) is 11.7. The summed E-state index contributed by atoms with van der Waals surface area (Å²) in [6.45, 7) is -4.63. The van der Waals surface area contributed by atoms with Gasteiger partial charge in [-0.1, -0.05) is 0 Å². The van der Waals surface area contributed by atoms with E-state index in [0.29, 0.717) is 11.0 Å². The van der Waals surface area contributed by atoms with E-state index in [2.05, 4.69) is 24.9 Å². The summed E-state index contributed by atoms with van der Waals surface area (Å²) >= 11 is 5.31. The van der Waals surface area contributed by atoms with Gasteiger partial charge >= 0.3 is 15.0 Å². The average Bonchev–Trinajstić information content (AvgIpc) is 3.72. The second-order valence-electron chi connectivity index (χ2n) is 9.93. The van der Waals surface area contributed by atoms with E-state index in [4.69, 9.17) is 50.8 Å². The van der Waals surface area contributed by atoms with E-state index in [0.717, 1.165) is 0 Å². The van der Waals surface area contributed by atoms with Crippen molar-refractivity contribution in [3.05, 3.63) is 35.3 Å². The van der Waals surface area contributed by atoms with Crippen molar-refractivity contribution in [1.82, 2.24) is 34.1 Å². The van der Waals surface area contributed by atoms with Gasteiger partial charge in [-0.25, -0.2) is 15.0 Å². The highest BCUT2D eigenvalue weighted by Gasteiger charge is 2.52. The van der Waals surface area contributed by atoms with Crippen LogP contribution in [-0.4, -0.2) is 87.8 Å². The van der Waals surface area contributed by atoms with Gasteiger partial charge in [-0.3, -0.25) is 14.3 Å².